The Bertz CT molecular complexity index is 382. The van der Waals surface area contributed by atoms with Crippen LogP contribution in [-0.4, -0.2) is 45.4 Å². The minimum Gasteiger partial charge on any atom is -0.476 e. The third kappa shape index (κ3) is 2.44. The van der Waals surface area contributed by atoms with Crippen molar-refractivity contribution in [1.82, 2.24) is 10.2 Å². The molecule has 0 amide bonds. The zero-order valence-electron chi connectivity index (χ0n) is 8.96. The van der Waals surface area contributed by atoms with Gasteiger partial charge in [-0.2, -0.15) is 11.8 Å². The first-order valence-electron chi connectivity index (χ1n) is 5.10. The molecule has 2 heterocycles. The lowest BCUT2D eigenvalue weighted by atomic mass is 10.3. The first-order valence-corrected chi connectivity index (χ1v) is 6.15. The first kappa shape index (κ1) is 11.2. The van der Waals surface area contributed by atoms with Crippen molar-refractivity contribution in [3.05, 3.63) is 17.8 Å². The van der Waals surface area contributed by atoms with Gasteiger partial charge < -0.3 is 10.0 Å². The van der Waals surface area contributed by atoms with Gasteiger partial charge in [-0.3, -0.25) is 0 Å². The Labute approximate surface area is 97.9 Å². The molecule has 1 aromatic rings. The second-order valence-corrected chi connectivity index (χ2v) is 5.26. The molecule has 1 saturated heterocycles. The number of hydrogen-bond acceptors (Lipinski definition) is 5. The number of aromatic nitrogens is 2. The van der Waals surface area contributed by atoms with Crippen LogP contribution >= 0.6 is 11.8 Å². The van der Waals surface area contributed by atoms with E-state index in [0.29, 0.717) is 5.25 Å². The van der Waals surface area contributed by atoms with Gasteiger partial charge in [0.05, 0.1) is 0 Å². The number of anilines is 1. The summed E-state index contributed by atoms with van der Waals surface area (Å²) in [5.74, 6) is 0.794. The van der Waals surface area contributed by atoms with E-state index in [4.69, 9.17) is 5.11 Å². The predicted molar refractivity (Wildman–Crippen MR) is 63.1 cm³/mol. The SMILES string of the molecule is CC1CN(c2ccc(C(=O)O)nn2)CCS1. The quantitative estimate of drug-likeness (QED) is 0.834. The Morgan fingerprint density at radius 2 is 2.38 bits per heavy atom. The van der Waals surface area contributed by atoms with Gasteiger partial charge in [0.2, 0.25) is 0 Å². The van der Waals surface area contributed by atoms with Crippen molar-refractivity contribution in [3.8, 4) is 0 Å². The summed E-state index contributed by atoms with van der Waals surface area (Å²) in [7, 11) is 0. The van der Waals surface area contributed by atoms with E-state index in [0.717, 1.165) is 24.7 Å². The van der Waals surface area contributed by atoms with Crippen molar-refractivity contribution >= 4 is 23.5 Å². The Morgan fingerprint density at radius 3 is 2.94 bits per heavy atom. The van der Waals surface area contributed by atoms with E-state index < -0.39 is 5.97 Å². The maximum atomic E-state index is 10.6. The monoisotopic (exact) mass is 239 g/mol. The van der Waals surface area contributed by atoms with Crippen LogP contribution in [0.1, 0.15) is 17.4 Å². The molecule has 1 atom stereocenters. The molecule has 0 bridgehead atoms. The second kappa shape index (κ2) is 4.69. The predicted octanol–water partition coefficient (Wildman–Crippen LogP) is 1.12. The van der Waals surface area contributed by atoms with Gasteiger partial charge in [-0.05, 0) is 12.1 Å². The van der Waals surface area contributed by atoms with E-state index >= 15 is 0 Å². The number of nitrogens with zero attached hydrogens (tertiary/aromatic N) is 3. The van der Waals surface area contributed by atoms with Crippen LogP contribution in [0.2, 0.25) is 0 Å². The first-order chi connectivity index (χ1) is 7.66. The van der Waals surface area contributed by atoms with E-state index in [-0.39, 0.29) is 5.69 Å². The topological polar surface area (TPSA) is 66.3 Å². The number of rotatable bonds is 2. The highest BCUT2D eigenvalue weighted by atomic mass is 32.2. The molecule has 1 N–H and O–H groups in total. The lowest BCUT2D eigenvalue weighted by Crippen LogP contribution is -2.37. The van der Waals surface area contributed by atoms with E-state index in [1.54, 1.807) is 6.07 Å². The number of thioether (sulfide) groups is 1. The molecule has 6 heteroatoms. The average Bonchev–Trinajstić information content (AvgIpc) is 2.29. The van der Waals surface area contributed by atoms with Gasteiger partial charge in [0.15, 0.2) is 11.5 Å². The van der Waals surface area contributed by atoms with Crippen LogP contribution in [0.15, 0.2) is 12.1 Å². The fraction of sp³-hybridized carbons (Fsp3) is 0.500. The average molecular weight is 239 g/mol. The van der Waals surface area contributed by atoms with Crippen LogP contribution in [0, 0.1) is 0 Å². The van der Waals surface area contributed by atoms with Gasteiger partial charge in [-0.25, -0.2) is 4.79 Å². The summed E-state index contributed by atoms with van der Waals surface area (Å²) in [6.07, 6.45) is 0. The Hall–Kier alpha value is -1.30. The summed E-state index contributed by atoms with van der Waals surface area (Å²) >= 11 is 1.94. The lowest BCUT2D eigenvalue weighted by Gasteiger charge is -2.30. The number of carboxylic acids is 1. The number of carbonyl (C=O) groups is 1. The fourth-order valence-corrected chi connectivity index (χ4v) is 2.65. The molecular formula is C10H13N3O2S. The van der Waals surface area contributed by atoms with Gasteiger partial charge in [0, 0.05) is 24.1 Å². The third-order valence-corrected chi connectivity index (χ3v) is 3.57. The van der Waals surface area contributed by atoms with E-state index in [9.17, 15) is 4.79 Å². The lowest BCUT2D eigenvalue weighted by molar-refractivity contribution is 0.0689. The van der Waals surface area contributed by atoms with E-state index in [1.165, 1.54) is 6.07 Å². The Morgan fingerprint density at radius 1 is 1.56 bits per heavy atom. The van der Waals surface area contributed by atoms with Gasteiger partial charge in [-0.1, -0.05) is 6.92 Å². The largest absolute Gasteiger partial charge is 0.476 e. The molecule has 0 aliphatic carbocycles. The summed E-state index contributed by atoms with van der Waals surface area (Å²) in [5.41, 5.74) is -0.0109. The van der Waals surface area contributed by atoms with Crippen LogP contribution < -0.4 is 4.90 Å². The fourth-order valence-electron chi connectivity index (χ4n) is 1.63. The van der Waals surface area contributed by atoms with Gasteiger partial charge >= 0.3 is 5.97 Å². The molecule has 0 aromatic carbocycles. The molecule has 0 spiro atoms. The van der Waals surface area contributed by atoms with Gasteiger partial charge in [0.25, 0.3) is 0 Å². The van der Waals surface area contributed by atoms with E-state index in [1.807, 2.05) is 11.8 Å². The zero-order valence-corrected chi connectivity index (χ0v) is 9.78. The number of carboxylic acid groups (broad SMARTS) is 1. The highest BCUT2D eigenvalue weighted by Crippen LogP contribution is 2.21. The van der Waals surface area contributed by atoms with Crippen molar-refractivity contribution in [2.24, 2.45) is 0 Å². The van der Waals surface area contributed by atoms with Crippen molar-refractivity contribution in [3.63, 3.8) is 0 Å². The second-order valence-electron chi connectivity index (χ2n) is 3.71. The number of aromatic carboxylic acids is 1. The summed E-state index contributed by atoms with van der Waals surface area (Å²) in [6.45, 7) is 4.05. The molecule has 1 aromatic heterocycles. The third-order valence-electron chi connectivity index (χ3n) is 2.43. The minimum atomic E-state index is -1.04. The number of hydrogen-bond donors (Lipinski definition) is 1. The molecule has 1 aliphatic heterocycles. The Balaban J connectivity index is 2.11. The molecule has 1 fully saturated rings. The molecule has 5 nitrogen and oxygen atoms in total. The molecule has 0 saturated carbocycles. The maximum absolute atomic E-state index is 10.6. The van der Waals surface area contributed by atoms with Crippen LogP contribution in [0.5, 0.6) is 0 Å². The summed E-state index contributed by atoms with van der Waals surface area (Å²) < 4.78 is 0. The van der Waals surface area contributed by atoms with Crippen LogP contribution in [0.25, 0.3) is 0 Å². The zero-order chi connectivity index (χ0) is 11.5. The summed E-state index contributed by atoms with van der Waals surface area (Å²) in [6, 6.07) is 3.22. The van der Waals surface area contributed by atoms with E-state index in [2.05, 4.69) is 22.0 Å². The molecule has 2 rings (SSSR count). The highest BCUT2D eigenvalue weighted by Gasteiger charge is 2.18. The molecule has 1 aliphatic rings. The molecule has 86 valence electrons. The highest BCUT2D eigenvalue weighted by molar-refractivity contribution is 8.00. The van der Waals surface area contributed by atoms with Crippen molar-refractivity contribution in [2.75, 3.05) is 23.7 Å². The normalized spacial score (nSPS) is 20.8. The van der Waals surface area contributed by atoms with Crippen molar-refractivity contribution in [1.29, 1.82) is 0 Å². The molecule has 16 heavy (non-hydrogen) atoms. The minimum absolute atomic E-state index is 0.0109. The molecular weight excluding hydrogens is 226 g/mol. The summed E-state index contributed by atoms with van der Waals surface area (Å²) in [4.78, 5) is 12.8. The standard InChI is InChI=1S/C10H13N3O2S/c1-7-6-13(4-5-16-7)9-3-2-8(10(14)15)11-12-9/h2-3,7H,4-6H2,1H3,(H,14,15). The van der Waals surface area contributed by atoms with Crippen molar-refractivity contribution in [2.45, 2.75) is 12.2 Å². The van der Waals surface area contributed by atoms with Crippen molar-refractivity contribution < 1.29 is 9.90 Å². The summed E-state index contributed by atoms with van der Waals surface area (Å²) in [5, 5.41) is 16.9. The molecule has 1 unspecified atom stereocenters. The maximum Gasteiger partial charge on any atom is 0.356 e. The van der Waals surface area contributed by atoms with Crippen LogP contribution in [0.4, 0.5) is 5.82 Å². The van der Waals surface area contributed by atoms with Crippen LogP contribution in [0.3, 0.4) is 0 Å². The van der Waals surface area contributed by atoms with Crippen LogP contribution in [-0.2, 0) is 0 Å². The van der Waals surface area contributed by atoms with Gasteiger partial charge in [0.1, 0.15) is 0 Å². The molecule has 0 radical (unpaired) electrons. The van der Waals surface area contributed by atoms with Gasteiger partial charge in [-0.15, -0.1) is 10.2 Å². The smallest absolute Gasteiger partial charge is 0.356 e. The Kier molecular flexibility index (Phi) is 3.28.